The molecule has 1 aromatic carbocycles. The van der Waals surface area contributed by atoms with Crippen LogP contribution in [-0.2, 0) is 19.0 Å². The lowest BCUT2D eigenvalue weighted by Crippen LogP contribution is -2.30. The molecule has 1 aliphatic carbocycles. The number of nitrogens with zero attached hydrogens (tertiary/aromatic N) is 4. The van der Waals surface area contributed by atoms with Gasteiger partial charge in [0.1, 0.15) is 5.02 Å². The molecule has 0 saturated carbocycles. The highest BCUT2D eigenvalue weighted by atomic mass is 35.5. The number of aromatic nitrogens is 3. The predicted molar refractivity (Wildman–Crippen MR) is 121 cm³/mol. The first-order valence-corrected chi connectivity index (χ1v) is 11.4. The van der Waals surface area contributed by atoms with Crippen LogP contribution in [-0.4, -0.2) is 51.6 Å². The van der Waals surface area contributed by atoms with Crippen molar-refractivity contribution in [3.05, 3.63) is 51.8 Å². The number of fused-ring (bicyclic) bond motifs is 4. The maximum absolute atomic E-state index is 14.2. The minimum Gasteiger partial charge on any atom is -0.351 e. The summed E-state index contributed by atoms with van der Waals surface area (Å²) in [4.78, 5) is 19.4. The molecule has 176 valence electrons. The van der Waals surface area contributed by atoms with Gasteiger partial charge in [0.2, 0.25) is 0 Å². The molecule has 0 aliphatic heterocycles. The number of nitrogens with one attached hydrogen (secondary N) is 1. The van der Waals surface area contributed by atoms with E-state index in [0.717, 1.165) is 25.2 Å². The molecular weight excluding hydrogens is 455 g/mol. The van der Waals surface area contributed by atoms with Gasteiger partial charge in [0, 0.05) is 17.7 Å². The number of rotatable bonds is 7. The molecule has 0 unspecified atom stereocenters. The third-order valence-corrected chi connectivity index (χ3v) is 6.39. The molecule has 2 aromatic heterocycles. The van der Waals surface area contributed by atoms with Gasteiger partial charge in [-0.05, 0) is 44.5 Å². The van der Waals surface area contributed by atoms with Crippen molar-refractivity contribution in [1.29, 1.82) is 0 Å². The molecule has 0 saturated heterocycles. The van der Waals surface area contributed by atoms with E-state index in [4.69, 9.17) is 11.6 Å². The molecule has 0 atom stereocenters. The van der Waals surface area contributed by atoms with Crippen LogP contribution in [0.2, 0.25) is 5.02 Å². The molecule has 1 amide bonds. The lowest BCUT2D eigenvalue weighted by atomic mass is 9.88. The first-order valence-electron chi connectivity index (χ1n) is 11.0. The highest BCUT2D eigenvalue weighted by Gasteiger charge is 2.41. The van der Waals surface area contributed by atoms with Gasteiger partial charge in [-0.3, -0.25) is 4.79 Å². The third-order valence-electron chi connectivity index (χ3n) is 6.04. The monoisotopic (exact) mass is 479 g/mol. The Morgan fingerprint density at radius 3 is 2.64 bits per heavy atom. The molecule has 0 bridgehead atoms. The summed E-state index contributed by atoms with van der Waals surface area (Å²) in [6.07, 6.45) is -3.34. The number of hydrogen-bond donors (Lipinski definition) is 1. The third kappa shape index (κ3) is 4.44. The van der Waals surface area contributed by atoms with Crippen molar-refractivity contribution in [3.8, 4) is 11.3 Å². The van der Waals surface area contributed by atoms with Crippen LogP contribution in [0.25, 0.3) is 16.9 Å². The lowest BCUT2D eigenvalue weighted by molar-refractivity contribution is -0.143. The molecule has 2 heterocycles. The highest BCUT2D eigenvalue weighted by Crippen LogP contribution is 2.41. The van der Waals surface area contributed by atoms with Gasteiger partial charge in [-0.1, -0.05) is 49.7 Å². The number of carbonyl (C=O) groups excluding carboxylic acids is 1. The Hall–Kier alpha value is -2.65. The van der Waals surface area contributed by atoms with Crippen LogP contribution >= 0.6 is 11.6 Å². The normalized spacial score (nSPS) is 13.3. The van der Waals surface area contributed by atoms with Crippen molar-refractivity contribution in [2.45, 2.75) is 39.3 Å². The maximum atomic E-state index is 14.2. The predicted octanol–water partition coefficient (Wildman–Crippen LogP) is 4.63. The largest absolute Gasteiger partial charge is 0.433 e. The molecule has 0 spiro atoms. The minimum absolute atomic E-state index is 0.0686. The van der Waals surface area contributed by atoms with Gasteiger partial charge in [-0.25, -0.2) is 9.50 Å². The fourth-order valence-corrected chi connectivity index (χ4v) is 4.55. The van der Waals surface area contributed by atoms with Gasteiger partial charge >= 0.3 is 6.18 Å². The summed E-state index contributed by atoms with van der Waals surface area (Å²) < 4.78 is 43.2. The van der Waals surface area contributed by atoms with Crippen LogP contribution in [0, 0.1) is 0 Å². The highest BCUT2D eigenvalue weighted by molar-refractivity contribution is 6.36. The van der Waals surface area contributed by atoms with E-state index >= 15 is 0 Å². The van der Waals surface area contributed by atoms with E-state index in [9.17, 15) is 18.0 Å². The van der Waals surface area contributed by atoms with Crippen LogP contribution in [0.15, 0.2) is 24.3 Å². The summed E-state index contributed by atoms with van der Waals surface area (Å²) >= 11 is 6.37. The van der Waals surface area contributed by atoms with Crippen molar-refractivity contribution < 1.29 is 18.0 Å². The topological polar surface area (TPSA) is 62.5 Å². The van der Waals surface area contributed by atoms with E-state index < -0.39 is 17.8 Å². The molecule has 0 fully saturated rings. The van der Waals surface area contributed by atoms with E-state index in [-0.39, 0.29) is 34.0 Å². The molecule has 3 aromatic rings. The van der Waals surface area contributed by atoms with Crippen molar-refractivity contribution in [2.24, 2.45) is 0 Å². The second-order valence-corrected chi connectivity index (χ2v) is 8.35. The van der Waals surface area contributed by atoms with Crippen LogP contribution in [0.4, 0.5) is 13.2 Å². The lowest BCUT2D eigenvalue weighted by Gasteiger charge is -2.23. The Morgan fingerprint density at radius 2 is 1.94 bits per heavy atom. The first-order chi connectivity index (χ1) is 15.8. The first kappa shape index (κ1) is 23.5. The average molecular weight is 480 g/mol. The fourth-order valence-electron chi connectivity index (χ4n) is 4.31. The van der Waals surface area contributed by atoms with Crippen molar-refractivity contribution in [1.82, 2.24) is 24.8 Å². The summed E-state index contributed by atoms with van der Waals surface area (Å²) in [6, 6.07) is 7.25. The van der Waals surface area contributed by atoms with Crippen LogP contribution < -0.4 is 5.32 Å². The van der Waals surface area contributed by atoms with E-state index in [1.165, 1.54) is 0 Å². The summed E-state index contributed by atoms with van der Waals surface area (Å²) in [7, 11) is 0. The Labute approximate surface area is 194 Å². The number of aryl methyl sites for hydroxylation is 1. The number of benzene rings is 1. The Kier molecular flexibility index (Phi) is 6.63. The van der Waals surface area contributed by atoms with Gasteiger partial charge < -0.3 is 10.2 Å². The van der Waals surface area contributed by atoms with E-state index in [1.54, 1.807) is 12.1 Å². The SMILES string of the molecule is CCN(CC)CCCNC(=O)c1nn2c(C(F)(F)F)c3c(nc2c1Cl)-c1ccccc1CC3. The number of amides is 1. The summed E-state index contributed by atoms with van der Waals surface area (Å²) in [6.45, 7) is 7.09. The molecular formula is C23H25ClF3N5O. The second-order valence-electron chi connectivity index (χ2n) is 7.98. The van der Waals surface area contributed by atoms with Gasteiger partial charge in [-0.2, -0.15) is 18.3 Å². The van der Waals surface area contributed by atoms with Crippen molar-refractivity contribution in [2.75, 3.05) is 26.2 Å². The van der Waals surface area contributed by atoms with Crippen LogP contribution in [0.1, 0.15) is 47.6 Å². The number of halogens is 4. The van der Waals surface area contributed by atoms with E-state index in [2.05, 4.69) is 34.1 Å². The average Bonchev–Trinajstić information content (AvgIpc) is 3.12. The van der Waals surface area contributed by atoms with Gasteiger partial charge in [0.05, 0.1) is 5.69 Å². The quantitative estimate of drug-likeness (QED) is 0.502. The van der Waals surface area contributed by atoms with Crippen LogP contribution in [0.5, 0.6) is 0 Å². The zero-order chi connectivity index (χ0) is 23.8. The smallest absolute Gasteiger partial charge is 0.351 e. The Morgan fingerprint density at radius 1 is 1.21 bits per heavy atom. The maximum Gasteiger partial charge on any atom is 0.433 e. The van der Waals surface area contributed by atoms with Crippen molar-refractivity contribution >= 4 is 23.2 Å². The molecule has 4 rings (SSSR count). The molecule has 0 radical (unpaired) electrons. The minimum atomic E-state index is -4.69. The van der Waals surface area contributed by atoms with Gasteiger partial charge in [-0.15, -0.1) is 0 Å². The van der Waals surface area contributed by atoms with E-state index in [1.807, 2.05) is 12.1 Å². The molecule has 1 N–H and O–H groups in total. The van der Waals surface area contributed by atoms with Gasteiger partial charge in [0.25, 0.3) is 5.91 Å². The number of alkyl halides is 3. The van der Waals surface area contributed by atoms with E-state index in [0.29, 0.717) is 29.5 Å². The summed E-state index contributed by atoms with van der Waals surface area (Å²) in [5, 5.41) is 6.49. The molecule has 10 heteroatoms. The number of carbonyl (C=O) groups is 1. The molecule has 1 aliphatic rings. The van der Waals surface area contributed by atoms with Gasteiger partial charge in [0.15, 0.2) is 17.0 Å². The fraction of sp³-hybridized carbons (Fsp3) is 0.435. The zero-order valence-electron chi connectivity index (χ0n) is 18.5. The molecule has 6 nitrogen and oxygen atoms in total. The summed E-state index contributed by atoms with van der Waals surface area (Å²) in [5.74, 6) is -0.614. The van der Waals surface area contributed by atoms with Crippen LogP contribution in [0.3, 0.4) is 0 Å². The zero-order valence-corrected chi connectivity index (χ0v) is 19.2. The standard InChI is InChI=1S/C23H25ClF3N5O/c1-3-31(4-2)13-7-12-28-22(33)19-17(24)21-29-18-15-9-6-5-8-14(15)10-11-16(18)20(23(25,26)27)32(21)30-19/h5-6,8-9H,3-4,7,10-13H2,1-2H3,(H,28,33). The number of hydrogen-bond acceptors (Lipinski definition) is 4. The van der Waals surface area contributed by atoms with Crippen molar-refractivity contribution in [3.63, 3.8) is 0 Å². The summed E-state index contributed by atoms with van der Waals surface area (Å²) in [5.41, 5.74) is 0.521. The Bertz CT molecular complexity index is 1190. The second kappa shape index (κ2) is 9.30. The Balaban J connectivity index is 1.72. The molecule has 33 heavy (non-hydrogen) atoms.